The molecule has 0 amide bonds. The Bertz CT molecular complexity index is 139. The van der Waals surface area contributed by atoms with E-state index in [-0.39, 0.29) is 11.5 Å². The minimum absolute atomic E-state index is 0.0139. The highest BCUT2D eigenvalue weighted by atomic mass is 17.1. The topological polar surface area (TPSA) is 29.5 Å². The lowest BCUT2D eigenvalue weighted by molar-refractivity contribution is -0.301. The molecular weight excluding hydrogens is 164 g/mol. The Morgan fingerprint density at radius 3 is 1.77 bits per heavy atom. The molecule has 0 rings (SSSR count). The van der Waals surface area contributed by atoms with Crippen LogP contribution >= 0.6 is 0 Å². The SMILES string of the molecule is CC(C)(C)CCC(OO)C(C)(C)C. The zero-order chi connectivity index (χ0) is 10.7. The van der Waals surface area contributed by atoms with Crippen LogP contribution in [0.5, 0.6) is 0 Å². The predicted molar refractivity (Wildman–Crippen MR) is 55.6 cm³/mol. The average Bonchev–Trinajstić information content (AvgIpc) is 1.82. The first-order chi connectivity index (χ1) is 5.67. The van der Waals surface area contributed by atoms with E-state index in [4.69, 9.17) is 5.26 Å². The van der Waals surface area contributed by atoms with Crippen LogP contribution in [0, 0.1) is 10.8 Å². The van der Waals surface area contributed by atoms with Gasteiger partial charge in [0.1, 0.15) is 0 Å². The molecule has 13 heavy (non-hydrogen) atoms. The van der Waals surface area contributed by atoms with E-state index in [0.717, 1.165) is 12.8 Å². The van der Waals surface area contributed by atoms with E-state index in [9.17, 15) is 0 Å². The maximum atomic E-state index is 8.76. The lowest BCUT2D eigenvalue weighted by Gasteiger charge is -2.30. The second kappa shape index (κ2) is 4.43. The second-order valence-corrected chi connectivity index (χ2v) is 6.06. The van der Waals surface area contributed by atoms with Gasteiger partial charge in [-0.1, -0.05) is 41.5 Å². The van der Waals surface area contributed by atoms with Gasteiger partial charge < -0.3 is 0 Å². The van der Waals surface area contributed by atoms with Gasteiger partial charge in [-0.25, -0.2) is 4.89 Å². The molecule has 0 bridgehead atoms. The Kier molecular flexibility index (Phi) is 4.40. The number of hydrogen-bond donors (Lipinski definition) is 1. The molecule has 1 N–H and O–H groups in total. The molecule has 1 atom stereocenters. The summed E-state index contributed by atoms with van der Waals surface area (Å²) in [6.07, 6.45) is 1.91. The van der Waals surface area contributed by atoms with Crippen molar-refractivity contribution in [2.45, 2.75) is 60.5 Å². The van der Waals surface area contributed by atoms with Gasteiger partial charge in [0.25, 0.3) is 0 Å². The maximum Gasteiger partial charge on any atom is 0.0975 e. The molecule has 80 valence electrons. The fraction of sp³-hybridized carbons (Fsp3) is 1.00. The van der Waals surface area contributed by atoms with Gasteiger partial charge >= 0.3 is 0 Å². The van der Waals surface area contributed by atoms with Gasteiger partial charge in [0.05, 0.1) is 6.10 Å². The first-order valence-electron chi connectivity index (χ1n) is 4.97. The normalized spacial score (nSPS) is 15.9. The van der Waals surface area contributed by atoms with E-state index in [1.165, 1.54) is 0 Å². The Morgan fingerprint density at radius 1 is 1.08 bits per heavy atom. The molecule has 1 unspecified atom stereocenters. The summed E-state index contributed by atoms with van der Waals surface area (Å²) in [4.78, 5) is 4.51. The molecule has 0 saturated carbocycles. The third-order valence-electron chi connectivity index (χ3n) is 2.25. The van der Waals surface area contributed by atoms with Gasteiger partial charge in [-0.15, -0.1) is 0 Å². The van der Waals surface area contributed by atoms with Crippen molar-refractivity contribution in [1.82, 2.24) is 0 Å². The van der Waals surface area contributed by atoms with Crippen molar-refractivity contribution in [2.24, 2.45) is 10.8 Å². The van der Waals surface area contributed by atoms with Gasteiger partial charge in [0.2, 0.25) is 0 Å². The molecule has 0 radical (unpaired) electrons. The zero-order valence-corrected chi connectivity index (χ0v) is 9.85. The van der Waals surface area contributed by atoms with Crippen LogP contribution in [0.4, 0.5) is 0 Å². The van der Waals surface area contributed by atoms with Crippen LogP contribution in [-0.4, -0.2) is 11.4 Å². The van der Waals surface area contributed by atoms with Crippen molar-refractivity contribution in [2.75, 3.05) is 0 Å². The van der Waals surface area contributed by atoms with Crippen LogP contribution in [0.15, 0.2) is 0 Å². The summed E-state index contributed by atoms with van der Waals surface area (Å²) in [5, 5.41) is 8.76. The van der Waals surface area contributed by atoms with Gasteiger partial charge in [-0.3, -0.25) is 5.26 Å². The van der Waals surface area contributed by atoms with Gasteiger partial charge in [0, 0.05) is 0 Å². The summed E-state index contributed by atoms with van der Waals surface area (Å²) >= 11 is 0. The van der Waals surface area contributed by atoms with E-state index in [2.05, 4.69) is 46.4 Å². The summed E-state index contributed by atoms with van der Waals surface area (Å²) in [5.74, 6) is 0. The molecule has 0 aromatic heterocycles. The second-order valence-electron chi connectivity index (χ2n) is 6.06. The maximum absolute atomic E-state index is 8.76. The summed E-state index contributed by atoms with van der Waals surface area (Å²) in [6, 6.07) is 0. The Hall–Kier alpha value is -0.0800. The lowest BCUT2D eigenvalue weighted by Crippen LogP contribution is -2.29. The van der Waals surface area contributed by atoms with Crippen LogP contribution < -0.4 is 0 Å². The number of rotatable bonds is 3. The molecular formula is C11H24O2. The van der Waals surface area contributed by atoms with Crippen LogP contribution in [0.3, 0.4) is 0 Å². The first-order valence-corrected chi connectivity index (χ1v) is 4.97. The molecule has 2 nitrogen and oxygen atoms in total. The fourth-order valence-electron chi connectivity index (χ4n) is 1.21. The van der Waals surface area contributed by atoms with Crippen LogP contribution in [0.25, 0.3) is 0 Å². The molecule has 0 aliphatic heterocycles. The first kappa shape index (κ1) is 12.9. The predicted octanol–water partition coefficient (Wildman–Crippen LogP) is 3.72. The summed E-state index contributed by atoms with van der Waals surface area (Å²) in [7, 11) is 0. The van der Waals surface area contributed by atoms with Gasteiger partial charge in [-0.2, -0.15) is 0 Å². The summed E-state index contributed by atoms with van der Waals surface area (Å²) in [5.41, 5.74) is 0.321. The fourth-order valence-corrected chi connectivity index (χ4v) is 1.21. The Morgan fingerprint density at radius 2 is 1.54 bits per heavy atom. The monoisotopic (exact) mass is 188 g/mol. The molecule has 2 heteroatoms. The molecule has 0 fully saturated rings. The van der Waals surface area contributed by atoms with Gasteiger partial charge in [-0.05, 0) is 23.7 Å². The number of hydrogen-bond acceptors (Lipinski definition) is 2. The quantitative estimate of drug-likeness (QED) is 0.540. The standard InChI is InChI=1S/C11H24O2/c1-10(2,3)8-7-9(13-12)11(4,5)6/h9,12H,7-8H2,1-6H3. The smallest absolute Gasteiger partial charge is 0.0975 e. The van der Waals surface area contributed by atoms with Crippen LogP contribution in [-0.2, 0) is 4.89 Å². The average molecular weight is 188 g/mol. The highest BCUT2D eigenvalue weighted by molar-refractivity contribution is 4.75. The van der Waals surface area contributed by atoms with Crippen molar-refractivity contribution in [1.29, 1.82) is 0 Å². The molecule has 0 aliphatic rings. The largest absolute Gasteiger partial charge is 0.252 e. The van der Waals surface area contributed by atoms with E-state index < -0.39 is 0 Å². The highest BCUT2D eigenvalue weighted by Crippen LogP contribution is 2.30. The molecule has 0 aromatic rings. The Labute approximate surface area is 82.2 Å². The minimum atomic E-state index is -0.0632. The van der Waals surface area contributed by atoms with Crippen molar-refractivity contribution in [3.05, 3.63) is 0 Å². The molecule has 0 spiro atoms. The van der Waals surface area contributed by atoms with Crippen molar-refractivity contribution in [3.63, 3.8) is 0 Å². The van der Waals surface area contributed by atoms with Crippen molar-refractivity contribution < 1.29 is 10.1 Å². The lowest BCUT2D eigenvalue weighted by atomic mass is 9.81. The van der Waals surface area contributed by atoms with E-state index in [0.29, 0.717) is 5.41 Å². The zero-order valence-electron chi connectivity index (χ0n) is 9.85. The van der Waals surface area contributed by atoms with E-state index >= 15 is 0 Å². The van der Waals surface area contributed by atoms with Crippen LogP contribution in [0.2, 0.25) is 0 Å². The third kappa shape index (κ3) is 6.05. The minimum Gasteiger partial charge on any atom is -0.252 e. The summed E-state index contributed by atoms with van der Waals surface area (Å²) < 4.78 is 0. The van der Waals surface area contributed by atoms with Gasteiger partial charge in [0.15, 0.2) is 0 Å². The van der Waals surface area contributed by atoms with Crippen molar-refractivity contribution >= 4 is 0 Å². The third-order valence-corrected chi connectivity index (χ3v) is 2.25. The van der Waals surface area contributed by atoms with E-state index in [1.54, 1.807) is 0 Å². The Balaban J connectivity index is 4.02. The summed E-state index contributed by atoms with van der Waals surface area (Å²) in [6.45, 7) is 12.8. The highest BCUT2D eigenvalue weighted by Gasteiger charge is 2.27. The molecule has 0 aromatic carbocycles. The van der Waals surface area contributed by atoms with Crippen molar-refractivity contribution in [3.8, 4) is 0 Å². The van der Waals surface area contributed by atoms with Crippen LogP contribution in [0.1, 0.15) is 54.4 Å². The van der Waals surface area contributed by atoms with E-state index in [1.807, 2.05) is 0 Å². The molecule has 0 heterocycles. The molecule has 0 saturated heterocycles. The molecule has 0 aliphatic carbocycles.